The van der Waals surface area contributed by atoms with E-state index in [2.05, 4.69) is 57.2 Å². The van der Waals surface area contributed by atoms with Gasteiger partial charge in [0.25, 0.3) is 0 Å². The molecule has 0 N–H and O–H groups in total. The van der Waals surface area contributed by atoms with E-state index in [9.17, 15) is 0 Å². The molecule has 0 radical (unpaired) electrons. The summed E-state index contributed by atoms with van der Waals surface area (Å²) in [6.45, 7) is 2.52. The molecule has 0 atom stereocenters. The van der Waals surface area contributed by atoms with Crippen molar-refractivity contribution in [2.45, 2.75) is 85.0 Å². The lowest BCUT2D eigenvalue weighted by Gasteiger charge is -2.31. The van der Waals surface area contributed by atoms with Crippen LogP contribution in [-0.2, 0) is 12.8 Å². The zero-order valence-electron chi connectivity index (χ0n) is 25.4. The van der Waals surface area contributed by atoms with Crippen LogP contribution in [0.5, 0.6) is 0 Å². The van der Waals surface area contributed by atoms with Crippen LogP contribution in [-0.4, -0.2) is 22.1 Å². The second-order valence-corrected chi connectivity index (χ2v) is 14.6. The third kappa shape index (κ3) is 4.84. The predicted molar refractivity (Wildman–Crippen MR) is 183 cm³/mol. The zero-order valence-corrected chi connectivity index (χ0v) is 27.0. The fraction of sp³-hybridized carbons (Fsp3) is 0.361. The summed E-state index contributed by atoms with van der Waals surface area (Å²) >= 11 is 3.77. The molecular formula is C36H39BF2N2S2. The molecule has 43 heavy (non-hydrogen) atoms. The molecule has 0 fully saturated rings. The van der Waals surface area contributed by atoms with Crippen LogP contribution in [0, 0.1) is 6.92 Å². The average molecular weight is 613 g/mol. The van der Waals surface area contributed by atoms with Gasteiger partial charge in [-0.15, -0.1) is 22.7 Å². The Bertz CT molecular complexity index is 1890. The van der Waals surface area contributed by atoms with Crippen LogP contribution in [0.25, 0.3) is 31.4 Å². The smallest absolute Gasteiger partial charge is 0.396 e. The molecule has 0 amide bonds. The van der Waals surface area contributed by atoms with Gasteiger partial charge in [-0.05, 0) is 68.6 Å². The molecule has 222 valence electrons. The van der Waals surface area contributed by atoms with E-state index in [0.29, 0.717) is 11.4 Å². The molecule has 0 saturated heterocycles. The summed E-state index contributed by atoms with van der Waals surface area (Å²) in [6.07, 6.45) is 15.2. The summed E-state index contributed by atoms with van der Waals surface area (Å²) in [7, 11) is 0. The molecule has 0 aliphatic carbocycles. The second kappa shape index (κ2) is 11.5. The molecule has 5 heterocycles. The summed E-state index contributed by atoms with van der Waals surface area (Å²) in [6, 6.07) is 16.6. The summed E-state index contributed by atoms with van der Waals surface area (Å²) in [5.74, 6) is 0. The molecule has 7 heteroatoms. The topological polar surface area (TPSA) is 7.94 Å². The first-order valence-corrected chi connectivity index (χ1v) is 17.7. The first kappa shape index (κ1) is 28.7. The highest BCUT2D eigenvalue weighted by molar-refractivity contribution is 7.27. The van der Waals surface area contributed by atoms with Crippen LogP contribution in [0.15, 0.2) is 54.7 Å². The van der Waals surface area contributed by atoms with Crippen LogP contribution in [0.4, 0.5) is 8.63 Å². The minimum Gasteiger partial charge on any atom is -0.396 e. The Morgan fingerprint density at radius 2 is 1.42 bits per heavy atom. The van der Waals surface area contributed by atoms with Crippen molar-refractivity contribution in [3.63, 3.8) is 0 Å². The van der Waals surface area contributed by atoms with Crippen molar-refractivity contribution in [2.75, 3.05) is 0 Å². The highest BCUT2D eigenvalue weighted by Gasteiger charge is 2.54. The average Bonchev–Trinajstić information content (AvgIpc) is 3.79. The van der Waals surface area contributed by atoms with Crippen molar-refractivity contribution in [2.24, 2.45) is 0 Å². The van der Waals surface area contributed by atoms with Crippen molar-refractivity contribution < 1.29 is 13.1 Å². The molecule has 7 rings (SSSR count). The van der Waals surface area contributed by atoms with Crippen molar-refractivity contribution >= 4 is 67.3 Å². The number of thiophene rings is 2. The van der Waals surface area contributed by atoms with E-state index < -0.39 is 6.97 Å². The van der Waals surface area contributed by atoms with E-state index in [0.717, 1.165) is 51.4 Å². The number of hydrogen-bond acceptors (Lipinski definition) is 2. The maximum atomic E-state index is 16.5. The van der Waals surface area contributed by atoms with Crippen LogP contribution >= 0.6 is 22.7 Å². The van der Waals surface area contributed by atoms with Gasteiger partial charge in [0, 0.05) is 26.2 Å². The Morgan fingerprint density at radius 3 is 2.07 bits per heavy atom. The van der Waals surface area contributed by atoms with E-state index in [4.69, 9.17) is 0 Å². The Kier molecular flexibility index (Phi) is 7.67. The van der Waals surface area contributed by atoms with Gasteiger partial charge in [-0.2, -0.15) is 0 Å². The standard InChI is InChI=1S/C36H39BF2N2S2/c1-4-6-8-10-13-26-21-28-30-23-41-34(33(30)29-22-27(14-11-9-7-5-2)43-36(29)35(28)42-26)32(25-18-16-24(3)17-19-25)31-15-12-20-40(31)37(41,38)39/h12,15-23H,4-11,13-14H2,1-3H3. The SMILES string of the molecule is CCCCCCc1cc2c3c(c4cc(CCCCCC)sc4c2s1)C1=C(c2ccc(C)cc2)c2cccn2[B-](F)(F)[N+]1=C3. The number of nitrogens with zero attached hydrogens (tertiary/aromatic N) is 2. The number of unbranched alkanes of at least 4 members (excludes halogenated alkanes) is 6. The highest BCUT2D eigenvalue weighted by atomic mass is 32.1. The number of rotatable bonds is 11. The Balaban J connectivity index is 1.49. The predicted octanol–water partition coefficient (Wildman–Crippen LogP) is 11.1. The van der Waals surface area contributed by atoms with E-state index >= 15 is 8.63 Å². The van der Waals surface area contributed by atoms with Gasteiger partial charge >= 0.3 is 6.97 Å². The molecule has 0 bridgehead atoms. The van der Waals surface area contributed by atoms with Gasteiger partial charge in [0.2, 0.25) is 0 Å². The van der Waals surface area contributed by atoms with Gasteiger partial charge in [0.1, 0.15) is 6.21 Å². The monoisotopic (exact) mass is 612 g/mol. The number of aromatic nitrogens is 1. The largest absolute Gasteiger partial charge is 0.737 e. The molecule has 2 aromatic carbocycles. The normalized spacial score (nSPS) is 15.3. The van der Waals surface area contributed by atoms with Crippen molar-refractivity contribution in [3.05, 3.63) is 92.4 Å². The van der Waals surface area contributed by atoms with E-state index in [-0.39, 0.29) is 0 Å². The first-order chi connectivity index (χ1) is 20.9. The lowest BCUT2D eigenvalue weighted by molar-refractivity contribution is -0.312. The van der Waals surface area contributed by atoms with Crippen LogP contribution in [0.1, 0.15) is 103 Å². The lowest BCUT2D eigenvalue weighted by Crippen LogP contribution is -2.48. The zero-order chi connectivity index (χ0) is 29.7. The fourth-order valence-corrected chi connectivity index (χ4v) is 9.52. The van der Waals surface area contributed by atoms with Crippen molar-refractivity contribution in [1.82, 2.24) is 4.48 Å². The Morgan fingerprint density at radius 1 is 0.791 bits per heavy atom. The number of halogens is 2. The number of aryl methyl sites for hydroxylation is 3. The molecule has 3 aromatic heterocycles. The third-order valence-electron chi connectivity index (χ3n) is 9.20. The van der Waals surface area contributed by atoms with Crippen molar-refractivity contribution in [1.29, 1.82) is 0 Å². The van der Waals surface area contributed by atoms with Gasteiger partial charge in [0.15, 0.2) is 5.70 Å². The molecule has 2 nitrogen and oxygen atoms in total. The third-order valence-corrected chi connectivity index (χ3v) is 11.8. The summed E-state index contributed by atoms with van der Waals surface area (Å²) < 4.78 is 38.0. The molecular weight excluding hydrogens is 573 g/mol. The number of fused-ring (bicyclic) bond motifs is 9. The number of hydrogen-bond donors (Lipinski definition) is 0. The van der Waals surface area contributed by atoms with E-state index in [1.54, 1.807) is 18.5 Å². The van der Waals surface area contributed by atoms with Gasteiger partial charge in [-0.3, -0.25) is 0 Å². The Labute approximate surface area is 261 Å². The molecule has 0 spiro atoms. The van der Waals surface area contributed by atoms with Crippen molar-refractivity contribution in [3.8, 4) is 0 Å². The van der Waals surface area contributed by atoms with Crippen LogP contribution < -0.4 is 0 Å². The quantitative estimate of drug-likeness (QED) is 0.104. The molecule has 0 saturated carbocycles. The number of benzene rings is 2. The summed E-state index contributed by atoms with van der Waals surface area (Å²) in [5.41, 5.74) is 6.21. The highest BCUT2D eigenvalue weighted by Crippen LogP contribution is 2.51. The lowest BCUT2D eigenvalue weighted by atomic mass is 9.84. The fourth-order valence-electron chi connectivity index (χ4n) is 6.94. The molecule has 2 aliphatic rings. The first-order valence-electron chi connectivity index (χ1n) is 16.1. The van der Waals surface area contributed by atoms with Crippen LogP contribution in [0.3, 0.4) is 0 Å². The maximum absolute atomic E-state index is 16.5. The minimum atomic E-state index is -4.04. The Hall–Kier alpha value is -3.03. The van der Waals surface area contributed by atoms with Gasteiger partial charge < -0.3 is 17.6 Å². The van der Waals surface area contributed by atoms with Gasteiger partial charge in [0.05, 0.1) is 26.1 Å². The molecule has 5 aromatic rings. The maximum Gasteiger partial charge on any atom is 0.737 e. The molecule has 0 unspecified atom stereocenters. The molecule has 2 aliphatic heterocycles. The van der Waals surface area contributed by atoms with Gasteiger partial charge in [-0.1, -0.05) is 82.2 Å². The van der Waals surface area contributed by atoms with Crippen LogP contribution in [0.2, 0.25) is 0 Å². The van der Waals surface area contributed by atoms with Gasteiger partial charge in [-0.25, -0.2) is 0 Å². The van der Waals surface area contributed by atoms with E-state index in [1.165, 1.54) is 79.5 Å². The van der Waals surface area contributed by atoms with E-state index in [1.807, 2.05) is 28.7 Å². The minimum absolute atomic E-state index is 0.589. The second-order valence-electron chi connectivity index (χ2n) is 12.3. The summed E-state index contributed by atoms with van der Waals surface area (Å²) in [5, 5.41) is 2.28. The summed E-state index contributed by atoms with van der Waals surface area (Å²) in [4.78, 5) is 2.74.